The summed E-state index contributed by atoms with van der Waals surface area (Å²) >= 11 is -2.30. The summed E-state index contributed by atoms with van der Waals surface area (Å²) in [6.45, 7) is 20.6. The maximum atomic E-state index is 6.83. The van der Waals surface area contributed by atoms with Gasteiger partial charge in [-0.2, -0.15) is 0 Å². The standard InChI is InChI=1S/C14H27OSi.3C4H9.Sn/c1-7-10-11-12-13-14(8-2,9-3)15-16(4,5)6;3*1-3-4-2;/h2,8-9H,3,7,10-13H2,1,4-6H3;3*1,3-4H2,2H3;. The van der Waals surface area contributed by atoms with Crippen molar-refractivity contribution in [3.63, 3.8) is 0 Å². The Labute approximate surface area is 190 Å². The fraction of sp³-hybridized carbons (Fsp3) is 0.846. The minimum atomic E-state index is -2.30. The van der Waals surface area contributed by atoms with E-state index < -0.39 is 26.7 Å². The summed E-state index contributed by atoms with van der Waals surface area (Å²) in [7, 11) is -1.65. The van der Waals surface area contributed by atoms with Crippen molar-refractivity contribution in [3.8, 4) is 0 Å². The van der Waals surface area contributed by atoms with Gasteiger partial charge in [0.1, 0.15) is 0 Å². The van der Waals surface area contributed by atoms with Crippen LogP contribution in [0.4, 0.5) is 0 Å². The van der Waals surface area contributed by atoms with E-state index >= 15 is 0 Å². The molecule has 0 aliphatic rings. The first-order chi connectivity index (χ1) is 13.7. The van der Waals surface area contributed by atoms with Gasteiger partial charge in [0, 0.05) is 0 Å². The van der Waals surface area contributed by atoms with E-state index in [2.05, 4.69) is 70.2 Å². The quantitative estimate of drug-likeness (QED) is 0.0920. The predicted octanol–water partition coefficient (Wildman–Crippen LogP) is 9.68. The molecule has 0 rings (SSSR count). The van der Waals surface area contributed by atoms with Crippen LogP contribution in [0.2, 0.25) is 33.0 Å². The summed E-state index contributed by atoms with van der Waals surface area (Å²) in [6, 6.07) is 0. The van der Waals surface area contributed by atoms with Crippen molar-refractivity contribution in [3.05, 3.63) is 22.8 Å². The van der Waals surface area contributed by atoms with Crippen LogP contribution in [0.5, 0.6) is 0 Å². The first-order valence-corrected chi connectivity index (χ1v) is 23.9. The molecular weight excluding hydrogens is 475 g/mol. The molecule has 172 valence electrons. The van der Waals surface area contributed by atoms with Gasteiger partial charge in [-0.3, -0.25) is 0 Å². The molecular formula is C26H54OSiSn. The molecule has 0 fully saturated rings. The second-order valence-electron chi connectivity index (χ2n) is 10.2. The molecule has 0 heterocycles. The van der Waals surface area contributed by atoms with Crippen LogP contribution in [0.15, 0.2) is 22.8 Å². The van der Waals surface area contributed by atoms with Crippen molar-refractivity contribution in [2.45, 2.75) is 137 Å². The zero-order chi connectivity index (χ0) is 22.2. The predicted molar refractivity (Wildman–Crippen MR) is 140 cm³/mol. The van der Waals surface area contributed by atoms with Gasteiger partial charge in [-0.25, -0.2) is 0 Å². The minimum absolute atomic E-state index is 0.231. The SMILES string of the molecule is C=CC(/C=[CH]/[Sn]([CH2]CCC)([CH2]CCC)[CH2]CCC)(CCCCCC)O[Si](C)(C)C. The van der Waals surface area contributed by atoms with Gasteiger partial charge in [0.15, 0.2) is 0 Å². The number of unbranched alkanes of at least 4 members (excludes halogenated alkanes) is 6. The van der Waals surface area contributed by atoms with E-state index in [-0.39, 0.29) is 5.60 Å². The molecule has 1 nitrogen and oxygen atoms in total. The molecule has 1 unspecified atom stereocenters. The van der Waals surface area contributed by atoms with Gasteiger partial charge in [-0.15, -0.1) is 0 Å². The van der Waals surface area contributed by atoms with Crippen LogP contribution in [0.1, 0.15) is 98.3 Å². The van der Waals surface area contributed by atoms with E-state index in [0.29, 0.717) is 0 Å². The van der Waals surface area contributed by atoms with Crippen LogP contribution in [0, 0.1) is 0 Å². The van der Waals surface area contributed by atoms with E-state index in [1.54, 1.807) is 0 Å². The summed E-state index contributed by atoms with van der Waals surface area (Å²) < 4.78 is 14.2. The third kappa shape index (κ3) is 13.5. The molecule has 0 aromatic heterocycles. The zero-order valence-electron chi connectivity index (χ0n) is 21.2. The third-order valence-electron chi connectivity index (χ3n) is 6.07. The van der Waals surface area contributed by atoms with E-state index in [1.807, 2.05) is 0 Å². The van der Waals surface area contributed by atoms with Gasteiger partial charge in [0.05, 0.1) is 0 Å². The van der Waals surface area contributed by atoms with Gasteiger partial charge in [-0.05, 0) is 0 Å². The van der Waals surface area contributed by atoms with Gasteiger partial charge < -0.3 is 0 Å². The molecule has 0 bridgehead atoms. The van der Waals surface area contributed by atoms with E-state index in [4.69, 9.17) is 4.43 Å². The molecule has 29 heavy (non-hydrogen) atoms. The molecule has 0 aliphatic heterocycles. The molecule has 0 N–H and O–H groups in total. The molecule has 0 saturated carbocycles. The first kappa shape index (κ1) is 29.5. The van der Waals surface area contributed by atoms with E-state index in [1.165, 1.54) is 77.5 Å². The molecule has 0 spiro atoms. The molecule has 0 aliphatic carbocycles. The van der Waals surface area contributed by atoms with Gasteiger partial charge in [0.2, 0.25) is 0 Å². The van der Waals surface area contributed by atoms with Gasteiger partial charge in [-0.1, -0.05) is 0 Å². The average molecular weight is 530 g/mol. The topological polar surface area (TPSA) is 9.23 Å². The fourth-order valence-electron chi connectivity index (χ4n) is 4.31. The molecule has 0 saturated heterocycles. The third-order valence-corrected chi connectivity index (χ3v) is 21.1. The monoisotopic (exact) mass is 530 g/mol. The second-order valence-corrected chi connectivity index (χ2v) is 27.6. The van der Waals surface area contributed by atoms with Crippen LogP contribution in [-0.2, 0) is 4.43 Å². The van der Waals surface area contributed by atoms with Crippen LogP contribution in [-0.4, -0.2) is 32.3 Å². The summed E-state index contributed by atoms with van der Waals surface area (Å²) in [4.78, 5) is 0. The van der Waals surface area contributed by atoms with E-state index in [0.717, 1.165) is 6.42 Å². The molecule has 0 radical (unpaired) electrons. The van der Waals surface area contributed by atoms with Crippen LogP contribution >= 0.6 is 0 Å². The fourth-order valence-corrected chi connectivity index (χ4v) is 20.1. The van der Waals surface area contributed by atoms with Gasteiger partial charge in [0.25, 0.3) is 0 Å². The molecule has 1 atom stereocenters. The first-order valence-electron chi connectivity index (χ1n) is 12.8. The Morgan fingerprint density at radius 1 is 0.759 bits per heavy atom. The second kappa shape index (κ2) is 16.1. The summed E-state index contributed by atoms with van der Waals surface area (Å²) in [5.41, 5.74) is -0.231. The molecule has 0 amide bonds. The zero-order valence-corrected chi connectivity index (χ0v) is 25.1. The molecule has 3 heteroatoms. The Balaban J connectivity index is 5.77. The Morgan fingerprint density at radius 3 is 1.62 bits per heavy atom. The van der Waals surface area contributed by atoms with Crippen molar-refractivity contribution >= 4 is 26.7 Å². The Kier molecular flexibility index (Phi) is 16.4. The average Bonchev–Trinajstić information content (AvgIpc) is 2.68. The van der Waals surface area contributed by atoms with Crippen LogP contribution < -0.4 is 0 Å². The Hall–Kier alpha value is 0.456. The number of hydrogen-bond donors (Lipinski definition) is 0. The number of rotatable bonds is 19. The Morgan fingerprint density at radius 2 is 1.24 bits per heavy atom. The summed E-state index contributed by atoms with van der Waals surface area (Å²) in [5, 5.41) is 0. The molecule has 0 aromatic carbocycles. The molecule has 0 aromatic rings. The van der Waals surface area contributed by atoms with Crippen molar-refractivity contribution < 1.29 is 4.43 Å². The summed E-state index contributed by atoms with van der Waals surface area (Å²) in [6.07, 6.45) is 19.2. The van der Waals surface area contributed by atoms with Crippen LogP contribution in [0.25, 0.3) is 0 Å². The van der Waals surface area contributed by atoms with Crippen molar-refractivity contribution in [2.24, 2.45) is 0 Å². The van der Waals surface area contributed by atoms with Crippen LogP contribution in [0.3, 0.4) is 0 Å². The van der Waals surface area contributed by atoms with E-state index in [9.17, 15) is 0 Å². The summed E-state index contributed by atoms with van der Waals surface area (Å²) in [5.74, 6) is 0. The van der Waals surface area contributed by atoms with Gasteiger partial charge >= 0.3 is 191 Å². The Bertz CT molecular complexity index is 419. The van der Waals surface area contributed by atoms with Crippen molar-refractivity contribution in [1.82, 2.24) is 0 Å². The number of hydrogen-bond acceptors (Lipinski definition) is 1. The maximum absolute atomic E-state index is 6.83. The normalized spacial score (nSPS) is 15.0. The van der Waals surface area contributed by atoms with Crippen molar-refractivity contribution in [2.75, 3.05) is 0 Å². The van der Waals surface area contributed by atoms with Crippen molar-refractivity contribution in [1.29, 1.82) is 0 Å².